The largest absolute Gasteiger partial charge is 0.322 e. The molecule has 0 aliphatic rings. The van der Waals surface area contributed by atoms with Crippen molar-refractivity contribution in [2.24, 2.45) is 0 Å². The molecule has 0 atom stereocenters. The quantitative estimate of drug-likeness (QED) is 0.486. The first-order valence-electron chi connectivity index (χ1n) is 9.51. The molecule has 0 aliphatic carbocycles. The van der Waals surface area contributed by atoms with E-state index in [-0.39, 0.29) is 10.5 Å². The van der Waals surface area contributed by atoms with Crippen LogP contribution in [0.5, 0.6) is 0 Å². The molecule has 2 aromatic carbocycles. The average molecular weight is 455 g/mol. The van der Waals surface area contributed by atoms with Gasteiger partial charge in [-0.15, -0.1) is 0 Å². The number of carbonyl (C=O) groups is 1. The molecule has 0 fully saturated rings. The van der Waals surface area contributed by atoms with E-state index < -0.39 is 15.7 Å². The molecule has 0 unspecified atom stereocenters. The van der Waals surface area contributed by atoms with Gasteiger partial charge in [0.1, 0.15) is 5.56 Å². The van der Waals surface area contributed by atoms with E-state index in [1.807, 2.05) is 25.1 Å². The van der Waals surface area contributed by atoms with Crippen molar-refractivity contribution in [3.05, 3.63) is 77.1 Å². The zero-order chi connectivity index (χ0) is 22.2. The topological polar surface area (TPSA) is 93.4 Å². The van der Waals surface area contributed by atoms with Crippen molar-refractivity contribution in [1.82, 2.24) is 14.6 Å². The number of aryl methyl sites for hydroxylation is 1. The van der Waals surface area contributed by atoms with Gasteiger partial charge < -0.3 is 5.32 Å². The summed E-state index contributed by atoms with van der Waals surface area (Å²) in [6.07, 6.45) is 3.27. The highest BCUT2D eigenvalue weighted by molar-refractivity contribution is 7.90. The molecule has 9 heteroatoms. The lowest BCUT2D eigenvalue weighted by Gasteiger charge is -2.09. The molecular formula is C22H19ClN4O3S. The summed E-state index contributed by atoms with van der Waals surface area (Å²) in [6.45, 7) is 2.00. The molecule has 0 spiro atoms. The van der Waals surface area contributed by atoms with Crippen LogP contribution in [-0.2, 0) is 16.3 Å². The van der Waals surface area contributed by atoms with E-state index in [0.717, 1.165) is 17.5 Å². The second-order valence-electron chi connectivity index (χ2n) is 7.04. The first-order chi connectivity index (χ1) is 14.8. The third-order valence-corrected chi connectivity index (χ3v) is 6.17. The van der Waals surface area contributed by atoms with Gasteiger partial charge in [-0.2, -0.15) is 5.10 Å². The first-order valence-corrected chi connectivity index (χ1v) is 11.8. The number of hydrogen-bond acceptors (Lipinski definition) is 5. The fourth-order valence-corrected chi connectivity index (χ4v) is 4.00. The number of nitrogens with zero attached hydrogens (tertiary/aromatic N) is 3. The Bertz CT molecular complexity index is 1400. The number of carbonyl (C=O) groups excluding carboxylic acids is 1. The van der Waals surface area contributed by atoms with Gasteiger partial charge in [-0.05, 0) is 42.8 Å². The van der Waals surface area contributed by atoms with Gasteiger partial charge in [0.2, 0.25) is 0 Å². The van der Waals surface area contributed by atoms with Crippen LogP contribution in [-0.4, -0.2) is 35.2 Å². The fourth-order valence-electron chi connectivity index (χ4n) is 3.21. The Morgan fingerprint density at radius 2 is 1.87 bits per heavy atom. The summed E-state index contributed by atoms with van der Waals surface area (Å²) in [6, 6.07) is 15.3. The van der Waals surface area contributed by atoms with Crippen molar-refractivity contribution in [1.29, 1.82) is 0 Å². The maximum atomic E-state index is 13.0. The third kappa shape index (κ3) is 4.30. The van der Waals surface area contributed by atoms with E-state index in [2.05, 4.69) is 15.4 Å². The van der Waals surface area contributed by atoms with E-state index in [9.17, 15) is 13.2 Å². The van der Waals surface area contributed by atoms with Crippen LogP contribution in [0.4, 0.5) is 5.69 Å². The first kappa shape index (κ1) is 21.0. The summed E-state index contributed by atoms with van der Waals surface area (Å²) in [5.74, 6) is -0.427. The summed E-state index contributed by atoms with van der Waals surface area (Å²) in [4.78, 5) is 17.8. The Hall–Kier alpha value is -3.23. The Morgan fingerprint density at radius 1 is 1.13 bits per heavy atom. The number of sulfone groups is 1. The van der Waals surface area contributed by atoms with Crippen molar-refractivity contribution in [3.8, 4) is 11.3 Å². The molecule has 1 amide bonds. The number of nitrogens with one attached hydrogen (secondary N) is 1. The van der Waals surface area contributed by atoms with Gasteiger partial charge in [-0.3, -0.25) is 4.79 Å². The molecule has 0 aliphatic heterocycles. The monoisotopic (exact) mass is 454 g/mol. The van der Waals surface area contributed by atoms with E-state index >= 15 is 0 Å². The van der Waals surface area contributed by atoms with Crippen LogP contribution in [0.25, 0.3) is 16.9 Å². The highest BCUT2D eigenvalue weighted by Gasteiger charge is 2.18. The SMILES string of the molecule is CCc1cc(-c2ccc(Cl)cc2)nc2c(C(=O)Nc3cccc(S(C)(=O)=O)c3)cnn12. The highest BCUT2D eigenvalue weighted by Crippen LogP contribution is 2.24. The number of benzene rings is 2. The fraction of sp³-hybridized carbons (Fsp3) is 0.136. The summed E-state index contributed by atoms with van der Waals surface area (Å²) in [7, 11) is -3.39. The molecule has 0 radical (unpaired) electrons. The highest BCUT2D eigenvalue weighted by atomic mass is 35.5. The van der Waals surface area contributed by atoms with Crippen LogP contribution in [0.15, 0.2) is 65.7 Å². The molecule has 0 saturated carbocycles. The van der Waals surface area contributed by atoms with Crippen LogP contribution in [0.1, 0.15) is 23.0 Å². The zero-order valence-corrected chi connectivity index (χ0v) is 18.4. The van der Waals surface area contributed by atoms with Gasteiger partial charge in [-0.1, -0.05) is 36.7 Å². The van der Waals surface area contributed by atoms with Crippen LogP contribution in [0.2, 0.25) is 5.02 Å². The maximum absolute atomic E-state index is 13.0. The van der Waals surface area contributed by atoms with Crippen LogP contribution in [0.3, 0.4) is 0 Å². The smallest absolute Gasteiger partial charge is 0.261 e. The Balaban J connectivity index is 1.75. The predicted molar refractivity (Wildman–Crippen MR) is 120 cm³/mol. The van der Waals surface area contributed by atoms with E-state index in [1.54, 1.807) is 28.8 Å². The van der Waals surface area contributed by atoms with Gasteiger partial charge in [0.25, 0.3) is 5.91 Å². The lowest BCUT2D eigenvalue weighted by molar-refractivity contribution is 0.102. The van der Waals surface area contributed by atoms with Crippen molar-refractivity contribution < 1.29 is 13.2 Å². The summed E-state index contributed by atoms with van der Waals surface area (Å²) < 4.78 is 25.2. The van der Waals surface area contributed by atoms with Crippen molar-refractivity contribution >= 4 is 38.7 Å². The maximum Gasteiger partial charge on any atom is 0.261 e. The Labute approximate surface area is 184 Å². The number of rotatable bonds is 5. The van der Waals surface area contributed by atoms with Crippen LogP contribution < -0.4 is 5.32 Å². The van der Waals surface area contributed by atoms with Crippen molar-refractivity contribution in [3.63, 3.8) is 0 Å². The normalized spacial score (nSPS) is 11.6. The molecule has 158 valence electrons. The third-order valence-electron chi connectivity index (χ3n) is 4.81. The second kappa shape index (κ2) is 8.13. The molecular weight excluding hydrogens is 436 g/mol. The molecule has 2 aromatic heterocycles. The number of halogens is 1. The van der Waals surface area contributed by atoms with Crippen LogP contribution >= 0.6 is 11.6 Å². The number of hydrogen-bond donors (Lipinski definition) is 1. The summed E-state index contributed by atoms with van der Waals surface area (Å²) in [5, 5.41) is 7.70. The standard InChI is InChI=1S/C22H19ClN4O3S/c1-3-17-12-20(14-7-9-15(23)10-8-14)26-21-19(13-24-27(17)21)22(28)25-16-5-4-6-18(11-16)31(2,29)30/h4-13H,3H2,1-2H3,(H,25,28). The predicted octanol–water partition coefficient (Wildman–Crippen LogP) is 4.27. The minimum atomic E-state index is -3.39. The van der Waals surface area contributed by atoms with Gasteiger partial charge >= 0.3 is 0 Å². The molecule has 0 bridgehead atoms. The molecule has 0 saturated heterocycles. The van der Waals surface area contributed by atoms with Crippen LogP contribution in [0, 0.1) is 0 Å². The number of fused-ring (bicyclic) bond motifs is 1. The van der Waals surface area contributed by atoms with Crippen molar-refractivity contribution in [2.45, 2.75) is 18.2 Å². The summed E-state index contributed by atoms with van der Waals surface area (Å²) >= 11 is 5.99. The lowest BCUT2D eigenvalue weighted by atomic mass is 10.1. The molecule has 31 heavy (non-hydrogen) atoms. The summed E-state index contributed by atoms with van der Waals surface area (Å²) in [5.41, 5.74) is 3.55. The van der Waals surface area contributed by atoms with Crippen molar-refractivity contribution in [2.75, 3.05) is 11.6 Å². The second-order valence-corrected chi connectivity index (χ2v) is 9.49. The Kier molecular flexibility index (Phi) is 5.51. The molecule has 4 rings (SSSR count). The number of aromatic nitrogens is 3. The molecule has 2 heterocycles. The van der Waals surface area contributed by atoms with Gasteiger partial charge in [-0.25, -0.2) is 17.9 Å². The number of anilines is 1. The minimum Gasteiger partial charge on any atom is -0.322 e. The minimum absolute atomic E-state index is 0.126. The van der Waals surface area contributed by atoms with Gasteiger partial charge in [0.05, 0.1) is 16.8 Å². The van der Waals surface area contributed by atoms with Gasteiger partial charge in [0, 0.05) is 28.2 Å². The number of amides is 1. The lowest BCUT2D eigenvalue weighted by Crippen LogP contribution is -2.13. The van der Waals surface area contributed by atoms with E-state index in [4.69, 9.17) is 11.6 Å². The molecule has 7 nitrogen and oxygen atoms in total. The molecule has 1 N–H and O–H groups in total. The zero-order valence-electron chi connectivity index (χ0n) is 16.8. The van der Waals surface area contributed by atoms with E-state index in [0.29, 0.717) is 28.5 Å². The molecule has 4 aromatic rings. The Morgan fingerprint density at radius 3 is 2.55 bits per heavy atom. The van der Waals surface area contributed by atoms with Gasteiger partial charge in [0.15, 0.2) is 15.5 Å². The van der Waals surface area contributed by atoms with E-state index in [1.165, 1.54) is 18.3 Å². The average Bonchev–Trinajstić information content (AvgIpc) is 3.17.